The number of unbranched alkanes of at least 4 members (excludes halogenated alkanes) is 1. The Morgan fingerprint density at radius 3 is 2.00 bits per heavy atom. The number of hydrogen-bond acceptors (Lipinski definition) is 2. The van der Waals surface area contributed by atoms with Crippen LogP contribution >= 0.6 is 0 Å². The van der Waals surface area contributed by atoms with Gasteiger partial charge >= 0.3 is 0 Å². The predicted octanol–water partition coefficient (Wildman–Crippen LogP) is 3.47. The first-order valence-corrected chi connectivity index (χ1v) is 6.95. The molecule has 0 heterocycles. The van der Waals surface area contributed by atoms with Gasteiger partial charge in [0.05, 0.1) is 0 Å². The van der Waals surface area contributed by atoms with Crippen LogP contribution in [0.5, 0.6) is 0 Å². The molecule has 0 unspecified atom stereocenters. The average Bonchev–Trinajstić information content (AvgIpc) is 2.53. The molecule has 0 aromatic heterocycles. The lowest BCUT2D eigenvalue weighted by Crippen LogP contribution is -2.13. The second kappa shape index (κ2) is 8.12. The summed E-state index contributed by atoms with van der Waals surface area (Å²) < 4.78 is 0. The van der Waals surface area contributed by atoms with Crippen LogP contribution in [0, 0.1) is 0 Å². The molecule has 2 N–H and O–H groups in total. The van der Waals surface area contributed by atoms with E-state index < -0.39 is 0 Å². The molecular formula is C18H20O3. The van der Waals surface area contributed by atoms with Gasteiger partial charge in [-0.1, -0.05) is 67.9 Å². The van der Waals surface area contributed by atoms with Crippen LogP contribution in [0.4, 0.5) is 0 Å². The Balaban J connectivity index is 0.00000220. The lowest BCUT2D eigenvalue weighted by molar-refractivity contribution is -0.115. The average molecular weight is 284 g/mol. The number of Topliss-reactive ketones (excluding diaryl/α,β-unsaturated/α-hetero) is 2. The van der Waals surface area contributed by atoms with E-state index in [1.165, 1.54) is 0 Å². The Morgan fingerprint density at radius 2 is 1.43 bits per heavy atom. The van der Waals surface area contributed by atoms with Gasteiger partial charge in [0, 0.05) is 12.0 Å². The van der Waals surface area contributed by atoms with E-state index in [1.807, 2.05) is 49.4 Å². The highest BCUT2D eigenvalue weighted by Gasteiger charge is 2.15. The third-order valence-electron chi connectivity index (χ3n) is 3.26. The summed E-state index contributed by atoms with van der Waals surface area (Å²) in [7, 11) is 0. The fourth-order valence-electron chi connectivity index (χ4n) is 2.06. The smallest absolute Gasteiger partial charge is 0.228 e. The van der Waals surface area contributed by atoms with Gasteiger partial charge in [0.1, 0.15) is 0 Å². The third kappa shape index (κ3) is 4.36. The largest absolute Gasteiger partial charge is 0.412 e. The molecule has 0 radical (unpaired) electrons. The number of hydrogen-bond donors (Lipinski definition) is 0. The van der Waals surface area contributed by atoms with E-state index in [0.717, 1.165) is 24.0 Å². The van der Waals surface area contributed by atoms with Gasteiger partial charge in [-0.2, -0.15) is 0 Å². The molecule has 2 aromatic carbocycles. The summed E-state index contributed by atoms with van der Waals surface area (Å²) in [6, 6.07) is 17.2. The maximum absolute atomic E-state index is 11.9. The van der Waals surface area contributed by atoms with E-state index in [1.54, 1.807) is 12.1 Å². The molecule has 0 amide bonds. The zero-order valence-electron chi connectivity index (χ0n) is 12.1. The lowest BCUT2D eigenvalue weighted by Gasteiger charge is -2.03. The minimum Gasteiger partial charge on any atom is -0.412 e. The molecule has 0 spiro atoms. The van der Waals surface area contributed by atoms with Crippen molar-refractivity contribution >= 4 is 11.6 Å². The van der Waals surface area contributed by atoms with Crippen LogP contribution in [0.3, 0.4) is 0 Å². The zero-order valence-corrected chi connectivity index (χ0v) is 12.1. The Kier molecular flexibility index (Phi) is 6.50. The van der Waals surface area contributed by atoms with E-state index in [4.69, 9.17) is 0 Å². The van der Waals surface area contributed by atoms with Crippen molar-refractivity contribution in [3.8, 4) is 11.1 Å². The summed E-state index contributed by atoms with van der Waals surface area (Å²) >= 11 is 0. The number of carbonyl (C=O) groups excluding carboxylic acids is 2. The number of benzene rings is 2. The molecule has 3 heteroatoms. The van der Waals surface area contributed by atoms with Crippen LogP contribution in [0.15, 0.2) is 54.6 Å². The molecular weight excluding hydrogens is 264 g/mol. The monoisotopic (exact) mass is 284 g/mol. The van der Waals surface area contributed by atoms with Gasteiger partial charge in [-0.25, -0.2) is 0 Å². The summed E-state index contributed by atoms with van der Waals surface area (Å²) in [4.78, 5) is 23.7. The van der Waals surface area contributed by atoms with Crippen LogP contribution in [0.25, 0.3) is 11.1 Å². The number of rotatable bonds is 6. The first kappa shape index (κ1) is 16.8. The number of ketones is 2. The highest BCUT2D eigenvalue weighted by molar-refractivity contribution is 6.43. The standard InChI is InChI=1S/C18H18O2.H2O/c1-2-3-9-17(19)18(20)16-12-10-15(11-13-16)14-7-5-4-6-8-14;/h4-8,10-13H,2-3,9H2,1H3;1H2. The van der Waals surface area contributed by atoms with Crippen molar-refractivity contribution in [3.63, 3.8) is 0 Å². The molecule has 3 nitrogen and oxygen atoms in total. The molecule has 0 saturated carbocycles. The maximum Gasteiger partial charge on any atom is 0.228 e. The highest BCUT2D eigenvalue weighted by atomic mass is 16.2. The van der Waals surface area contributed by atoms with Crippen LogP contribution in [0.1, 0.15) is 36.5 Å². The van der Waals surface area contributed by atoms with Gasteiger partial charge in [0.15, 0.2) is 0 Å². The van der Waals surface area contributed by atoms with Crippen molar-refractivity contribution in [2.75, 3.05) is 0 Å². The Labute approximate surface area is 124 Å². The van der Waals surface area contributed by atoms with Gasteiger partial charge in [-0.05, 0) is 17.5 Å². The molecule has 0 atom stereocenters. The summed E-state index contributed by atoms with van der Waals surface area (Å²) in [5.74, 6) is -0.669. The van der Waals surface area contributed by atoms with Crippen molar-refractivity contribution in [2.45, 2.75) is 26.2 Å². The second-order valence-electron chi connectivity index (χ2n) is 4.80. The first-order valence-electron chi connectivity index (χ1n) is 6.95. The van der Waals surface area contributed by atoms with Crippen LogP contribution in [-0.4, -0.2) is 17.0 Å². The fraction of sp³-hybridized carbons (Fsp3) is 0.222. The van der Waals surface area contributed by atoms with Gasteiger partial charge < -0.3 is 5.48 Å². The first-order chi connectivity index (χ1) is 9.72. The van der Waals surface area contributed by atoms with Gasteiger partial charge in [-0.15, -0.1) is 0 Å². The highest BCUT2D eigenvalue weighted by Crippen LogP contribution is 2.19. The van der Waals surface area contributed by atoms with Gasteiger partial charge in [-0.3, -0.25) is 9.59 Å². The topological polar surface area (TPSA) is 65.6 Å². The van der Waals surface area contributed by atoms with Gasteiger partial charge in [0.2, 0.25) is 11.6 Å². The van der Waals surface area contributed by atoms with Crippen LogP contribution < -0.4 is 0 Å². The van der Waals surface area contributed by atoms with Crippen molar-refractivity contribution in [1.29, 1.82) is 0 Å². The van der Waals surface area contributed by atoms with Crippen molar-refractivity contribution in [2.24, 2.45) is 0 Å². The molecule has 0 saturated heterocycles. The normalized spacial score (nSPS) is 9.76. The summed E-state index contributed by atoms with van der Waals surface area (Å²) in [5, 5.41) is 0. The van der Waals surface area contributed by atoms with E-state index in [0.29, 0.717) is 12.0 Å². The van der Waals surface area contributed by atoms with Crippen molar-refractivity contribution in [1.82, 2.24) is 0 Å². The minimum absolute atomic E-state index is 0. The summed E-state index contributed by atoms with van der Waals surface area (Å²) in [5.41, 5.74) is 2.62. The van der Waals surface area contributed by atoms with Crippen molar-refractivity contribution < 1.29 is 15.1 Å². The van der Waals surface area contributed by atoms with E-state index in [-0.39, 0.29) is 17.0 Å². The molecule has 2 rings (SSSR count). The predicted molar refractivity (Wildman–Crippen MR) is 84.4 cm³/mol. The molecule has 0 fully saturated rings. The van der Waals surface area contributed by atoms with Crippen molar-refractivity contribution in [3.05, 3.63) is 60.2 Å². The Bertz CT molecular complexity index is 586. The lowest BCUT2D eigenvalue weighted by atomic mass is 9.99. The maximum atomic E-state index is 11.9. The fourth-order valence-corrected chi connectivity index (χ4v) is 2.06. The molecule has 0 bridgehead atoms. The Morgan fingerprint density at radius 1 is 0.857 bits per heavy atom. The molecule has 21 heavy (non-hydrogen) atoms. The molecule has 110 valence electrons. The number of carbonyl (C=O) groups is 2. The van der Waals surface area contributed by atoms with E-state index in [2.05, 4.69) is 0 Å². The second-order valence-corrected chi connectivity index (χ2v) is 4.80. The minimum atomic E-state index is -0.377. The zero-order chi connectivity index (χ0) is 14.4. The molecule has 2 aromatic rings. The van der Waals surface area contributed by atoms with E-state index in [9.17, 15) is 9.59 Å². The molecule has 0 aliphatic carbocycles. The SMILES string of the molecule is CCCCC(=O)C(=O)c1ccc(-c2ccccc2)cc1.O. The quantitative estimate of drug-likeness (QED) is 0.602. The summed E-state index contributed by atoms with van der Waals surface area (Å²) in [6.07, 6.45) is 2.04. The van der Waals surface area contributed by atoms with Crippen LogP contribution in [-0.2, 0) is 4.79 Å². The van der Waals surface area contributed by atoms with E-state index >= 15 is 0 Å². The van der Waals surface area contributed by atoms with Gasteiger partial charge in [0.25, 0.3) is 0 Å². The Hall–Kier alpha value is -2.26. The summed E-state index contributed by atoms with van der Waals surface area (Å²) in [6.45, 7) is 2.01. The van der Waals surface area contributed by atoms with Crippen LogP contribution in [0.2, 0.25) is 0 Å². The molecule has 0 aliphatic heterocycles. The third-order valence-corrected chi connectivity index (χ3v) is 3.26. The molecule has 0 aliphatic rings.